The number of carbonyl (C=O) groups is 1. The van der Waals surface area contributed by atoms with Crippen LogP contribution in [-0.4, -0.2) is 25.6 Å². The highest BCUT2D eigenvalue weighted by Gasteiger charge is 2.23. The minimum Gasteiger partial charge on any atom is -0.381 e. The van der Waals surface area contributed by atoms with E-state index in [0.717, 1.165) is 12.0 Å². The van der Waals surface area contributed by atoms with Crippen LogP contribution in [0.25, 0.3) is 0 Å². The summed E-state index contributed by atoms with van der Waals surface area (Å²) in [7, 11) is 0. The fourth-order valence-corrected chi connectivity index (χ4v) is 2.02. The van der Waals surface area contributed by atoms with Gasteiger partial charge in [-0.15, -0.1) is 0 Å². The molecule has 1 aromatic carbocycles. The maximum Gasteiger partial charge on any atom is 0.163 e. The van der Waals surface area contributed by atoms with Gasteiger partial charge in [-0.3, -0.25) is 4.79 Å². The first-order valence-electron chi connectivity index (χ1n) is 5.68. The zero-order chi connectivity index (χ0) is 12.1. The molecule has 0 spiro atoms. The lowest BCUT2D eigenvalue weighted by molar-refractivity contribution is -0.127. The van der Waals surface area contributed by atoms with Crippen LogP contribution in [0, 0.1) is 5.92 Å². The molecule has 0 bridgehead atoms. The number of hydrogen-bond donors (Lipinski definition) is 0. The third-order valence-electron chi connectivity index (χ3n) is 2.79. The second-order valence-electron chi connectivity index (χ2n) is 4.15. The average Bonchev–Trinajstić information content (AvgIpc) is 2.82. The molecule has 1 atom stereocenters. The molecule has 1 aliphatic rings. The molecule has 1 saturated heterocycles. The monoisotopic (exact) mass is 254 g/mol. The number of halogens is 1. The summed E-state index contributed by atoms with van der Waals surface area (Å²) in [6.07, 6.45) is 0.819. The minimum absolute atomic E-state index is 0.0226. The normalized spacial score (nSPS) is 19.5. The van der Waals surface area contributed by atoms with Crippen LogP contribution < -0.4 is 0 Å². The molecule has 0 aliphatic carbocycles. The first-order chi connectivity index (χ1) is 8.25. The molecule has 0 amide bonds. The van der Waals surface area contributed by atoms with Gasteiger partial charge < -0.3 is 9.47 Å². The van der Waals surface area contributed by atoms with Gasteiger partial charge in [0.05, 0.1) is 13.2 Å². The molecule has 3 nitrogen and oxygen atoms in total. The van der Waals surface area contributed by atoms with Crippen LogP contribution in [0.1, 0.15) is 12.0 Å². The Morgan fingerprint density at radius 2 is 2.41 bits per heavy atom. The lowest BCUT2D eigenvalue weighted by Gasteiger charge is -2.07. The maximum atomic E-state index is 11.7. The van der Waals surface area contributed by atoms with E-state index in [0.29, 0.717) is 24.8 Å². The Bertz CT molecular complexity index is 386. The van der Waals surface area contributed by atoms with E-state index in [-0.39, 0.29) is 18.3 Å². The molecule has 4 heteroatoms. The van der Waals surface area contributed by atoms with Gasteiger partial charge in [0, 0.05) is 17.5 Å². The predicted molar refractivity (Wildman–Crippen MR) is 65.0 cm³/mol. The third kappa shape index (κ3) is 3.80. The summed E-state index contributed by atoms with van der Waals surface area (Å²) in [6.45, 7) is 1.80. The summed E-state index contributed by atoms with van der Waals surface area (Å²) in [5, 5.41) is 0.682. The summed E-state index contributed by atoms with van der Waals surface area (Å²) >= 11 is 5.85. The van der Waals surface area contributed by atoms with E-state index >= 15 is 0 Å². The standard InChI is InChI=1S/C13H15ClO3/c14-12-3-1-2-10(6-12)7-17-9-13(15)11-4-5-16-8-11/h1-3,6,11H,4-5,7-9H2. The second-order valence-corrected chi connectivity index (χ2v) is 4.59. The van der Waals surface area contributed by atoms with Crippen LogP contribution >= 0.6 is 11.6 Å². The van der Waals surface area contributed by atoms with Crippen molar-refractivity contribution in [2.45, 2.75) is 13.0 Å². The topological polar surface area (TPSA) is 35.5 Å². The Balaban J connectivity index is 1.73. The first-order valence-corrected chi connectivity index (χ1v) is 6.06. The van der Waals surface area contributed by atoms with Gasteiger partial charge >= 0.3 is 0 Å². The number of ether oxygens (including phenoxy) is 2. The van der Waals surface area contributed by atoms with E-state index in [4.69, 9.17) is 21.1 Å². The zero-order valence-electron chi connectivity index (χ0n) is 9.52. The van der Waals surface area contributed by atoms with Crippen molar-refractivity contribution >= 4 is 17.4 Å². The molecular weight excluding hydrogens is 240 g/mol. The zero-order valence-corrected chi connectivity index (χ0v) is 10.3. The van der Waals surface area contributed by atoms with Crippen LogP contribution in [0.15, 0.2) is 24.3 Å². The van der Waals surface area contributed by atoms with Gasteiger partial charge in [-0.2, -0.15) is 0 Å². The summed E-state index contributed by atoms with van der Waals surface area (Å²) in [4.78, 5) is 11.7. The highest BCUT2D eigenvalue weighted by atomic mass is 35.5. The van der Waals surface area contributed by atoms with E-state index in [1.807, 2.05) is 24.3 Å². The molecule has 17 heavy (non-hydrogen) atoms. The van der Waals surface area contributed by atoms with Crippen LogP contribution in [0.4, 0.5) is 0 Å². The highest BCUT2D eigenvalue weighted by molar-refractivity contribution is 6.30. The fraction of sp³-hybridized carbons (Fsp3) is 0.462. The molecule has 0 radical (unpaired) electrons. The van der Waals surface area contributed by atoms with E-state index in [1.54, 1.807) is 0 Å². The van der Waals surface area contributed by atoms with Crippen molar-refractivity contribution in [1.29, 1.82) is 0 Å². The van der Waals surface area contributed by atoms with Gasteiger partial charge in [-0.25, -0.2) is 0 Å². The Labute approximate surface area is 106 Å². The molecule has 1 unspecified atom stereocenters. The number of ketones is 1. The Morgan fingerprint density at radius 3 is 3.12 bits per heavy atom. The summed E-state index contributed by atoms with van der Waals surface area (Å²) in [5.41, 5.74) is 0.980. The van der Waals surface area contributed by atoms with Crippen molar-refractivity contribution in [2.75, 3.05) is 19.8 Å². The average molecular weight is 255 g/mol. The lowest BCUT2D eigenvalue weighted by atomic mass is 10.0. The number of Topliss-reactive ketones (excluding diaryl/α,β-unsaturated/α-hetero) is 1. The largest absolute Gasteiger partial charge is 0.381 e. The Morgan fingerprint density at radius 1 is 1.53 bits per heavy atom. The maximum absolute atomic E-state index is 11.7. The number of carbonyl (C=O) groups excluding carboxylic acids is 1. The SMILES string of the molecule is O=C(COCc1cccc(Cl)c1)C1CCOC1. The number of hydrogen-bond acceptors (Lipinski definition) is 3. The second kappa shape index (κ2) is 6.15. The van der Waals surface area contributed by atoms with Gasteiger partial charge in [0.1, 0.15) is 6.61 Å². The summed E-state index contributed by atoms with van der Waals surface area (Å²) < 4.78 is 10.5. The number of rotatable bonds is 5. The molecule has 1 aromatic rings. The van der Waals surface area contributed by atoms with E-state index < -0.39 is 0 Å². The van der Waals surface area contributed by atoms with Crippen molar-refractivity contribution in [1.82, 2.24) is 0 Å². The fourth-order valence-electron chi connectivity index (χ4n) is 1.80. The van der Waals surface area contributed by atoms with E-state index in [9.17, 15) is 4.79 Å². The van der Waals surface area contributed by atoms with Crippen molar-refractivity contribution < 1.29 is 14.3 Å². The molecular formula is C13H15ClO3. The molecule has 92 valence electrons. The molecule has 1 aliphatic heterocycles. The Hall–Kier alpha value is -0.900. The van der Waals surface area contributed by atoms with Gasteiger partial charge in [0.25, 0.3) is 0 Å². The van der Waals surface area contributed by atoms with Crippen molar-refractivity contribution in [3.05, 3.63) is 34.9 Å². The van der Waals surface area contributed by atoms with Crippen LogP contribution in [-0.2, 0) is 20.9 Å². The molecule has 0 N–H and O–H groups in total. The predicted octanol–water partition coefficient (Wildman–Crippen LogP) is 2.46. The van der Waals surface area contributed by atoms with Gasteiger partial charge in [0.15, 0.2) is 5.78 Å². The number of benzene rings is 1. The van der Waals surface area contributed by atoms with Crippen LogP contribution in [0.2, 0.25) is 5.02 Å². The van der Waals surface area contributed by atoms with Gasteiger partial charge in [0.2, 0.25) is 0 Å². The molecule has 0 aromatic heterocycles. The van der Waals surface area contributed by atoms with Crippen molar-refractivity contribution in [3.8, 4) is 0 Å². The Kier molecular flexibility index (Phi) is 4.54. The van der Waals surface area contributed by atoms with E-state index in [2.05, 4.69) is 0 Å². The minimum atomic E-state index is 0.0226. The molecule has 1 fully saturated rings. The quantitative estimate of drug-likeness (QED) is 0.810. The third-order valence-corrected chi connectivity index (χ3v) is 3.02. The van der Waals surface area contributed by atoms with Gasteiger partial charge in [-0.05, 0) is 24.1 Å². The smallest absolute Gasteiger partial charge is 0.163 e. The highest BCUT2D eigenvalue weighted by Crippen LogP contribution is 2.14. The van der Waals surface area contributed by atoms with E-state index in [1.165, 1.54) is 0 Å². The molecule has 2 rings (SSSR count). The molecule has 0 saturated carbocycles. The van der Waals surface area contributed by atoms with Crippen molar-refractivity contribution in [3.63, 3.8) is 0 Å². The van der Waals surface area contributed by atoms with Crippen molar-refractivity contribution in [2.24, 2.45) is 5.92 Å². The lowest BCUT2D eigenvalue weighted by Crippen LogP contribution is -2.19. The first kappa shape index (κ1) is 12.6. The summed E-state index contributed by atoms with van der Waals surface area (Å²) in [5.74, 6) is 0.152. The van der Waals surface area contributed by atoms with Crippen LogP contribution in [0.5, 0.6) is 0 Å². The molecule has 1 heterocycles. The van der Waals surface area contributed by atoms with Crippen LogP contribution in [0.3, 0.4) is 0 Å². The summed E-state index contributed by atoms with van der Waals surface area (Å²) in [6, 6.07) is 7.44. The van der Waals surface area contributed by atoms with Gasteiger partial charge in [-0.1, -0.05) is 23.7 Å².